The Morgan fingerprint density at radius 1 is 1.47 bits per heavy atom. The molecule has 8 heteroatoms. The normalized spacial score (nSPS) is 32.6. The number of aliphatic hydroxyl groups is 3. The van der Waals surface area contributed by atoms with Gasteiger partial charge in [0.1, 0.15) is 24.1 Å². The Bertz CT molecular complexity index is 437. The highest BCUT2D eigenvalue weighted by Crippen LogP contribution is 2.21. The fourth-order valence-corrected chi connectivity index (χ4v) is 1.62. The van der Waals surface area contributed by atoms with Crippen molar-refractivity contribution in [3.8, 4) is 0 Å². The number of aromatic amines is 1. The molecule has 1 saturated heterocycles. The smallest absolute Gasteiger partial charge is 0.346 e. The van der Waals surface area contributed by atoms with Crippen molar-refractivity contribution in [3.05, 3.63) is 22.7 Å². The molecule has 0 bridgehead atoms. The molecule has 1 aromatic rings. The number of aromatic nitrogens is 2. The second kappa shape index (κ2) is 4.80. The van der Waals surface area contributed by atoms with Gasteiger partial charge >= 0.3 is 5.69 Å². The maximum atomic E-state index is 10.9. The molecule has 2 rings (SSSR count). The first-order chi connectivity index (χ1) is 8.11. The minimum atomic E-state index is -1.19. The summed E-state index contributed by atoms with van der Waals surface area (Å²) < 4.78 is 5.18. The molecule has 1 fully saturated rings. The number of hydrogen-bond donors (Lipinski definition) is 5. The zero-order chi connectivity index (χ0) is 12.4. The number of aliphatic hydroxyl groups excluding tert-OH is 3. The lowest BCUT2D eigenvalue weighted by Crippen LogP contribution is -2.37. The van der Waals surface area contributed by atoms with Gasteiger partial charge in [0.15, 0.2) is 6.23 Å². The lowest BCUT2D eigenvalue weighted by Gasteiger charge is -2.16. The van der Waals surface area contributed by atoms with Crippen molar-refractivity contribution in [2.24, 2.45) is 0 Å². The summed E-state index contributed by atoms with van der Waals surface area (Å²) in [5.74, 6) is 0.305. The molecule has 0 spiro atoms. The summed E-state index contributed by atoms with van der Waals surface area (Å²) in [5, 5.41) is 30.7. The van der Waals surface area contributed by atoms with Crippen molar-refractivity contribution in [3.63, 3.8) is 0 Å². The largest absolute Gasteiger partial charge is 0.394 e. The molecule has 8 nitrogen and oxygen atoms in total. The topological polar surface area (TPSA) is 128 Å². The first-order valence-electron chi connectivity index (χ1n) is 5.06. The summed E-state index contributed by atoms with van der Waals surface area (Å²) in [4.78, 5) is 16.8. The number of H-pyrrole nitrogens is 1. The van der Waals surface area contributed by atoms with E-state index in [1.807, 2.05) is 0 Å². The van der Waals surface area contributed by atoms with Crippen LogP contribution in [-0.2, 0) is 4.74 Å². The van der Waals surface area contributed by atoms with Crippen LogP contribution in [0.3, 0.4) is 0 Å². The summed E-state index contributed by atoms with van der Waals surface area (Å²) in [7, 11) is 0. The molecule has 5 N–H and O–H groups in total. The molecule has 0 saturated carbocycles. The Labute approximate surface area is 95.9 Å². The second-order valence-corrected chi connectivity index (χ2v) is 3.69. The average Bonchev–Trinajstić information content (AvgIpc) is 2.57. The molecule has 0 aliphatic carbocycles. The van der Waals surface area contributed by atoms with E-state index in [0.717, 1.165) is 0 Å². The van der Waals surface area contributed by atoms with E-state index in [0.29, 0.717) is 5.82 Å². The Hall–Kier alpha value is -1.48. The highest BCUT2D eigenvalue weighted by atomic mass is 16.6. The SMILES string of the molecule is O=c1nccc(N[C@H]2O[C@@H](CO)[C@H](O)[C@H]2O)[nH]1. The molecule has 0 aromatic carbocycles. The van der Waals surface area contributed by atoms with Crippen LogP contribution in [0.15, 0.2) is 17.1 Å². The molecule has 0 amide bonds. The number of anilines is 1. The molecule has 0 radical (unpaired) electrons. The van der Waals surface area contributed by atoms with E-state index in [4.69, 9.17) is 9.84 Å². The summed E-state index contributed by atoms with van der Waals surface area (Å²) >= 11 is 0. The predicted octanol–water partition coefficient (Wildman–Crippen LogP) is -2.38. The number of rotatable bonds is 3. The molecule has 94 valence electrons. The predicted molar refractivity (Wildman–Crippen MR) is 56.2 cm³/mol. The molecule has 1 aliphatic heterocycles. The molecular formula is C9H13N3O5. The fourth-order valence-electron chi connectivity index (χ4n) is 1.62. The summed E-state index contributed by atoms with van der Waals surface area (Å²) in [6.07, 6.45) is -2.83. The molecule has 17 heavy (non-hydrogen) atoms. The summed E-state index contributed by atoms with van der Waals surface area (Å²) in [6, 6.07) is 1.48. The Balaban J connectivity index is 2.07. The lowest BCUT2D eigenvalue weighted by atomic mass is 10.1. The van der Waals surface area contributed by atoms with Gasteiger partial charge in [-0.25, -0.2) is 9.78 Å². The van der Waals surface area contributed by atoms with E-state index in [1.165, 1.54) is 12.3 Å². The summed E-state index contributed by atoms with van der Waals surface area (Å²) in [5.41, 5.74) is -0.540. The zero-order valence-electron chi connectivity index (χ0n) is 8.78. The van der Waals surface area contributed by atoms with Gasteiger partial charge < -0.3 is 25.4 Å². The molecule has 1 aliphatic rings. The van der Waals surface area contributed by atoms with Gasteiger partial charge in [0.25, 0.3) is 0 Å². The van der Waals surface area contributed by atoms with Crippen LogP contribution >= 0.6 is 0 Å². The third kappa shape index (κ3) is 2.44. The molecule has 1 aromatic heterocycles. The monoisotopic (exact) mass is 243 g/mol. The first kappa shape index (κ1) is 12.0. The van der Waals surface area contributed by atoms with Crippen LogP contribution in [0.1, 0.15) is 0 Å². The Morgan fingerprint density at radius 2 is 2.24 bits per heavy atom. The van der Waals surface area contributed by atoms with E-state index in [9.17, 15) is 15.0 Å². The van der Waals surface area contributed by atoms with Gasteiger partial charge in [-0.2, -0.15) is 0 Å². The second-order valence-electron chi connectivity index (χ2n) is 3.69. The number of nitrogens with zero attached hydrogens (tertiary/aromatic N) is 1. The Morgan fingerprint density at radius 3 is 2.82 bits per heavy atom. The van der Waals surface area contributed by atoms with Crippen LogP contribution in [0.5, 0.6) is 0 Å². The van der Waals surface area contributed by atoms with E-state index in [2.05, 4.69) is 15.3 Å². The van der Waals surface area contributed by atoms with Crippen molar-refractivity contribution in [2.75, 3.05) is 11.9 Å². The van der Waals surface area contributed by atoms with Crippen LogP contribution in [0.4, 0.5) is 5.82 Å². The van der Waals surface area contributed by atoms with Crippen molar-refractivity contribution in [2.45, 2.75) is 24.5 Å². The highest BCUT2D eigenvalue weighted by molar-refractivity contribution is 5.33. The van der Waals surface area contributed by atoms with Crippen molar-refractivity contribution < 1.29 is 20.1 Å². The van der Waals surface area contributed by atoms with E-state index < -0.39 is 36.8 Å². The fraction of sp³-hybridized carbons (Fsp3) is 0.556. The number of hydrogen-bond acceptors (Lipinski definition) is 7. The van der Waals surface area contributed by atoms with E-state index >= 15 is 0 Å². The maximum absolute atomic E-state index is 10.9. The van der Waals surface area contributed by atoms with E-state index in [-0.39, 0.29) is 0 Å². The van der Waals surface area contributed by atoms with Crippen molar-refractivity contribution >= 4 is 5.82 Å². The molecular weight excluding hydrogens is 230 g/mol. The third-order valence-corrected chi connectivity index (χ3v) is 2.51. The maximum Gasteiger partial charge on any atom is 0.346 e. The van der Waals surface area contributed by atoms with Gasteiger partial charge in [0.2, 0.25) is 0 Å². The number of ether oxygens (including phenoxy) is 1. The minimum absolute atomic E-state index is 0.305. The van der Waals surface area contributed by atoms with Crippen LogP contribution in [0.2, 0.25) is 0 Å². The lowest BCUT2D eigenvalue weighted by molar-refractivity contribution is -0.0154. The van der Waals surface area contributed by atoms with Crippen LogP contribution in [0, 0.1) is 0 Å². The molecule has 0 unspecified atom stereocenters. The van der Waals surface area contributed by atoms with Crippen molar-refractivity contribution in [1.29, 1.82) is 0 Å². The highest BCUT2D eigenvalue weighted by Gasteiger charge is 2.42. The van der Waals surface area contributed by atoms with Gasteiger partial charge in [0, 0.05) is 6.20 Å². The standard InChI is InChI=1S/C9H13N3O5/c13-3-4-6(14)7(15)8(17-4)11-5-1-2-10-9(16)12-5/h1-2,4,6-8,13-15H,3H2,(H2,10,11,12,16)/t4-,6-,7+,8-/m0/s1. The van der Waals surface area contributed by atoms with Crippen molar-refractivity contribution in [1.82, 2.24) is 9.97 Å². The number of nitrogens with one attached hydrogen (secondary N) is 2. The van der Waals surface area contributed by atoms with Gasteiger partial charge in [-0.1, -0.05) is 0 Å². The minimum Gasteiger partial charge on any atom is -0.394 e. The van der Waals surface area contributed by atoms with Gasteiger partial charge in [-0.15, -0.1) is 0 Å². The van der Waals surface area contributed by atoms with E-state index in [1.54, 1.807) is 0 Å². The quantitative estimate of drug-likeness (QED) is 0.401. The molecule has 2 heterocycles. The summed E-state index contributed by atoms with van der Waals surface area (Å²) in [6.45, 7) is -0.400. The third-order valence-electron chi connectivity index (χ3n) is 2.51. The van der Waals surface area contributed by atoms with Crippen LogP contribution < -0.4 is 11.0 Å². The van der Waals surface area contributed by atoms with Crippen LogP contribution in [-0.4, -0.2) is 56.4 Å². The van der Waals surface area contributed by atoms with Gasteiger partial charge in [-0.05, 0) is 6.07 Å². The Kier molecular flexibility index (Phi) is 3.38. The van der Waals surface area contributed by atoms with Crippen LogP contribution in [0.25, 0.3) is 0 Å². The van der Waals surface area contributed by atoms with Gasteiger partial charge in [-0.3, -0.25) is 4.98 Å². The van der Waals surface area contributed by atoms with Gasteiger partial charge in [0.05, 0.1) is 6.61 Å². The first-order valence-corrected chi connectivity index (χ1v) is 5.06. The molecule has 4 atom stereocenters. The zero-order valence-corrected chi connectivity index (χ0v) is 8.78. The average molecular weight is 243 g/mol.